The highest BCUT2D eigenvalue weighted by Gasteiger charge is 2.04. The Morgan fingerprint density at radius 3 is 2.30 bits per heavy atom. The summed E-state index contributed by atoms with van der Waals surface area (Å²) >= 11 is 0. The lowest BCUT2D eigenvalue weighted by molar-refractivity contribution is -0.139. The zero-order chi connectivity index (χ0) is 7.28. The topological polar surface area (TPSA) is 63.6 Å². The molecule has 1 atom stereocenters. The molecular weight excluding hydrogens is 155 g/mol. The van der Waals surface area contributed by atoms with Crippen molar-refractivity contribution in [2.75, 3.05) is 0 Å². The Labute approximate surface area is 62.2 Å². The van der Waals surface area contributed by atoms with Gasteiger partial charge in [-0.1, -0.05) is 6.92 Å². The third-order valence-electron chi connectivity index (χ3n) is 0.655. The van der Waals surface area contributed by atoms with Crippen molar-refractivity contribution in [3.63, 3.8) is 0 Å². The van der Waals surface area contributed by atoms with Crippen LogP contribution in [0.2, 0.25) is 0 Å². The van der Waals surface area contributed by atoms with Crippen molar-refractivity contribution in [3.05, 3.63) is 0 Å². The highest BCUT2D eigenvalue weighted by molar-refractivity contribution is 6.92. The van der Waals surface area contributed by atoms with E-state index in [1.54, 1.807) is 6.92 Å². The van der Waals surface area contributed by atoms with E-state index in [-0.39, 0.29) is 16.3 Å². The molecule has 60 valence electrons. The molecule has 0 spiro atoms. The zero-order valence-electron chi connectivity index (χ0n) is 5.79. The molecule has 0 amide bonds. The first-order valence-electron chi connectivity index (χ1n) is 2.60. The molecule has 0 aliphatic carbocycles. The minimum absolute atomic E-state index is 0. The van der Waals surface area contributed by atoms with Crippen LogP contribution in [0.4, 0.5) is 4.79 Å². The van der Waals surface area contributed by atoms with Crippen LogP contribution in [-0.4, -0.2) is 17.2 Å². The van der Waals surface area contributed by atoms with E-state index in [0.29, 0.717) is 6.42 Å². The van der Waals surface area contributed by atoms with Crippen LogP contribution in [0, 0.1) is 0 Å². The summed E-state index contributed by atoms with van der Waals surface area (Å²) in [6.07, 6.45) is -0.772. The maximum absolute atomic E-state index is 10.3. The molecular formula is C5H11O4P. The average molecular weight is 166 g/mol. The van der Waals surface area contributed by atoms with Crippen LogP contribution in [0.5, 0.6) is 0 Å². The smallest absolute Gasteiger partial charge is 0.449 e. The van der Waals surface area contributed by atoms with Gasteiger partial charge >= 0.3 is 12.1 Å². The maximum Gasteiger partial charge on any atom is 0.513 e. The van der Waals surface area contributed by atoms with Crippen LogP contribution < -0.4 is 0 Å². The number of ether oxygens (including phenoxy) is 1. The molecule has 0 bridgehead atoms. The summed E-state index contributed by atoms with van der Waals surface area (Å²) in [5.41, 5.74) is 0. The van der Waals surface area contributed by atoms with E-state index in [4.69, 9.17) is 5.11 Å². The van der Waals surface area contributed by atoms with Gasteiger partial charge in [0.25, 0.3) is 0 Å². The summed E-state index contributed by atoms with van der Waals surface area (Å²) in [4.78, 5) is 19.9. The highest BCUT2D eigenvalue weighted by Crippen LogP contribution is 1.90. The molecule has 0 heterocycles. The van der Waals surface area contributed by atoms with Crippen LogP contribution in [0.1, 0.15) is 19.8 Å². The molecule has 0 radical (unpaired) electrons. The fraction of sp³-hybridized carbons (Fsp3) is 0.600. The normalized spacial score (nSPS) is 7.70. The van der Waals surface area contributed by atoms with Crippen molar-refractivity contribution in [3.8, 4) is 0 Å². The molecule has 0 aromatic carbocycles. The number of rotatable bonds is 2. The molecule has 0 rings (SSSR count). The molecule has 0 saturated carbocycles. The quantitative estimate of drug-likeness (QED) is 0.378. The molecule has 0 fully saturated rings. The summed E-state index contributed by atoms with van der Waals surface area (Å²) in [6.45, 7) is 1.77. The fourth-order valence-corrected chi connectivity index (χ4v) is 0.353. The molecule has 1 unspecified atom stereocenters. The Hall–Kier alpha value is -0.630. The van der Waals surface area contributed by atoms with Gasteiger partial charge in [0.2, 0.25) is 0 Å². The molecule has 5 heteroatoms. The highest BCUT2D eigenvalue weighted by atomic mass is 31.0. The number of hydrogen-bond acceptors (Lipinski definition) is 3. The average Bonchev–Trinajstić information content (AvgIpc) is 1.63. The Bertz CT molecular complexity index is 123. The Kier molecular flexibility index (Phi) is 7.84. The predicted octanol–water partition coefficient (Wildman–Crippen LogP) is 1.07. The second-order valence-electron chi connectivity index (χ2n) is 1.49. The van der Waals surface area contributed by atoms with Crippen LogP contribution >= 0.6 is 9.90 Å². The van der Waals surface area contributed by atoms with Crippen LogP contribution in [0.3, 0.4) is 0 Å². The summed E-state index contributed by atoms with van der Waals surface area (Å²) in [7, 11) is 0. The van der Waals surface area contributed by atoms with Crippen molar-refractivity contribution >= 4 is 22.0 Å². The Morgan fingerprint density at radius 2 is 2.00 bits per heavy atom. The van der Waals surface area contributed by atoms with Gasteiger partial charge in [-0.3, -0.25) is 4.79 Å². The number of carbonyl (C=O) groups excluding carboxylic acids is 1. The third-order valence-corrected chi connectivity index (χ3v) is 0.655. The van der Waals surface area contributed by atoms with Gasteiger partial charge in [-0.25, -0.2) is 4.79 Å². The number of hydrogen-bond donors (Lipinski definition) is 1. The number of carbonyl (C=O) groups is 2. The van der Waals surface area contributed by atoms with Gasteiger partial charge in [-0.2, -0.15) is 9.90 Å². The molecule has 4 nitrogen and oxygen atoms in total. The van der Waals surface area contributed by atoms with Gasteiger partial charge in [-0.15, -0.1) is 0 Å². The predicted molar refractivity (Wildman–Crippen MR) is 40.1 cm³/mol. The SMILES string of the molecule is CCCC(=O)OC(=O)O.P. The second kappa shape index (κ2) is 6.49. The van der Waals surface area contributed by atoms with Gasteiger partial charge in [0, 0.05) is 6.42 Å². The van der Waals surface area contributed by atoms with Gasteiger partial charge in [0.1, 0.15) is 0 Å². The number of carboxylic acid groups (broad SMARTS) is 1. The van der Waals surface area contributed by atoms with Crippen molar-refractivity contribution in [2.45, 2.75) is 19.8 Å². The third kappa shape index (κ3) is 7.37. The first-order valence-corrected chi connectivity index (χ1v) is 2.60. The first kappa shape index (κ1) is 12.1. The summed E-state index contributed by atoms with van der Waals surface area (Å²) in [5, 5.41) is 7.87. The van der Waals surface area contributed by atoms with Crippen LogP contribution in [0.25, 0.3) is 0 Å². The summed E-state index contributed by atoms with van der Waals surface area (Å²) in [6, 6.07) is 0. The lowest BCUT2D eigenvalue weighted by Gasteiger charge is -1.92. The molecule has 0 aliphatic heterocycles. The minimum atomic E-state index is -1.53. The maximum atomic E-state index is 10.3. The Morgan fingerprint density at radius 1 is 1.50 bits per heavy atom. The second-order valence-corrected chi connectivity index (χ2v) is 1.49. The van der Waals surface area contributed by atoms with E-state index in [9.17, 15) is 9.59 Å². The largest absolute Gasteiger partial charge is 0.513 e. The van der Waals surface area contributed by atoms with E-state index >= 15 is 0 Å². The number of esters is 1. The molecule has 10 heavy (non-hydrogen) atoms. The van der Waals surface area contributed by atoms with E-state index in [2.05, 4.69) is 4.74 Å². The molecule has 0 aliphatic rings. The van der Waals surface area contributed by atoms with Gasteiger partial charge < -0.3 is 9.84 Å². The zero-order valence-corrected chi connectivity index (χ0v) is 7.21. The summed E-state index contributed by atoms with van der Waals surface area (Å²) in [5.74, 6) is -0.690. The van der Waals surface area contributed by atoms with Crippen molar-refractivity contribution in [2.24, 2.45) is 0 Å². The van der Waals surface area contributed by atoms with Crippen LogP contribution in [0.15, 0.2) is 0 Å². The first-order chi connectivity index (χ1) is 4.16. The van der Waals surface area contributed by atoms with E-state index in [0.717, 1.165) is 0 Å². The van der Waals surface area contributed by atoms with Gasteiger partial charge in [0.05, 0.1) is 0 Å². The van der Waals surface area contributed by atoms with Crippen molar-refractivity contribution in [1.29, 1.82) is 0 Å². The molecule has 0 saturated heterocycles. The fourth-order valence-electron chi connectivity index (χ4n) is 0.353. The van der Waals surface area contributed by atoms with Gasteiger partial charge in [0.15, 0.2) is 0 Å². The van der Waals surface area contributed by atoms with Crippen LogP contribution in [-0.2, 0) is 9.53 Å². The van der Waals surface area contributed by atoms with E-state index in [1.165, 1.54) is 0 Å². The minimum Gasteiger partial charge on any atom is -0.449 e. The molecule has 0 aromatic rings. The van der Waals surface area contributed by atoms with E-state index in [1.807, 2.05) is 0 Å². The monoisotopic (exact) mass is 166 g/mol. The van der Waals surface area contributed by atoms with Crippen molar-refractivity contribution in [1.82, 2.24) is 0 Å². The van der Waals surface area contributed by atoms with Crippen molar-refractivity contribution < 1.29 is 19.4 Å². The molecule has 1 N–H and O–H groups in total. The molecule has 0 aromatic heterocycles. The van der Waals surface area contributed by atoms with E-state index < -0.39 is 12.1 Å². The lowest BCUT2D eigenvalue weighted by Crippen LogP contribution is -2.08. The standard InChI is InChI=1S/C5H8O4.H3P/c1-2-3-4(6)9-5(7)8;/h2-3H2,1H3,(H,7,8);1H3. The summed E-state index contributed by atoms with van der Waals surface area (Å²) < 4.78 is 3.77. The lowest BCUT2D eigenvalue weighted by atomic mass is 10.3. The Balaban J connectivity index is 0. The van der Waals surface area contributed by atoms with Gasteiger partial charge in [-0.05, 0) is 6.42 Å².